The first-order valence-corrected chi connectivity index (χ1v) is 6.99. The Morgan fingerprint density at radius 1 is 1.32 bits per heavy atom. The molecule has 116 valence electrons. The van der Waals surface area contributed by atoms with Gasteiger partial charge in [-0.1, -0.05) is 6.07 Å². The van der Waals surface area contributed by atoms with E-state index in [1.54, 1.807) is 25.1 Å². The monoisotopic (exact) mass is 304 g/mol. The lowest BCUT2D eigenvalue weighted by Crippen LogP contribution is -2.20. The molecule has 3 rings (SSSR count). The van der Waals surface area contributed by atoms with Crippen molar-refractivity contribution < 1.29 is 29.2 Å². The van der Waals surface area contributed by atoms with E-state index in [4.69, 9.17) is 14.2 Å². The molecule has 1 aromatic rings. The summed E-state index contributed by atoms with van der Waals surface area (Å²) in [5.74, 6) is -0.150. The van der Waals surface area contributed by atoms with E-state index in [0.29, 0.717) is 11.5 Å². The summed E-state index contributed by atoms with van der Waals surface area (Å²) < 4.78 is 15.6. The maximum absolute atomic E-state index is 12.1. The van der Waals surface area contributed by atoms with Gasteiger partial charge in [0, 0.05) is 18.4 Å². The molecule has 0 saturated heterocycles. The van der Waals surface area contributed by atoms with Gasteiger partial charge in [0.25, 0.3) is 0 Å². The van der Waals surface area contributed by atoms with E-state index in [0.717, 1.165) is 5.56 Å². The first-order chi connectivity index (χ1) is 10.6. The Balaban J connectivity index is 2.00. The topological polar surface area (TPSA) is 85.2 Å². The molecule has 1 unspecified atom stereocenters. The number of rotatable bonds is 3. The summed E-state index contributed by atoms with van der Waals surface area (Å²) in [7, 11) is 0. The van der Waals surface area contributed by atoms with E-state index in [-0.39, 0.29) is 36.9 Å². The van der Waals surface area contributed by atoms with Crippen molar-refractivity contribution in [3.8, 4) is 11.5 Å². The number of hydrogen-bond acceptors (Lipinski definition) is 6. The number of benzene rings is 1. The van der Waals surface area contributed by atoms with Gasteiger partial charge in [-0.2, -0.15) is 0 Å². The molecule has 22 heavy (non-hydrogen) atoms. The molecule has 0 radical (unpaired) electrons. The lowest BCUT2D eigenvalue weighted by Gasteiger charge is -2.23. The minimum absolute atomic E-state index is 0.00761. The predicted octanol–water partition coefficient (Wildman–Crippen LogP) is 2.72. The molecule has 1 aromatic carbocycles. The molecule has 6 heteroatoms. The third kappa shape index (κ3) is 2.47. The van der Waals surface area contributed by atoms with Crippen molar-refractivity contribution >= 4 is 5.97 Å². The zero-order valence-corrected chi connectivity index (χ0v) is 12.0. The van der Waals surface area contributed by atoms with Crippen molar-refractivity contribution in [3.63, 3.8) is 0 Å². The molecule has 0 saturated carbocycles. The van der Waals surface area contributed by atoms with Crippen LogP contribution in [0.4, 0.5) is 0 Å². The molecule has 1 aliphatic carbocycles. The quantitative estimate of drug-likeness (QED) is 0.835. The average Bonchev–Trinajstić information content (AvgIpc) is 2.93. The van der Waals surface area contributed by atoms with Crippen molar-refractivity contribution in [2.75, 3.05) is 13.4 Å². The summed E-state index contributed by atoms with van der Waals surface area (Å²) in [4.78, 5) is 12.1. The van der Waals surface area contributed by atoms with Gasteiger partial charge in [0.15, 0.2) is 11.5 Å². The highest BCUT2D eigenvalue weighted by Gasteiger charge is 2.32. The number of carbonyl (C=O) groups excluding carboxylic acids is 1. The van der Waals surface area contributed by atoms with Crippen LogP contribution in [0, 0.1) is 0 Å². The van der Waals surface area contributed by atoms with Crippen LogP contribution in [-0.4, -0.2) is 29.6 Å². The molecular weight excluding hydrogens is 288 g/mol. The third-order valence-electron chi connectivity index (χ3n) is 3.64. The van der Waals surface area contributed by atoms with Crippen molar-refractivity contribution in [1.82, 2.24) is 0 Å². The van der Waals surface area contributed by atoms with Gasteiger partial charge in [-0.15, -0.1) is 0 Å². The van der Waals surface area contributed by atoms with E-state index in [1.165, 1.54) is 6.08 Å². The van der Waals surface area contributed by atoms with Crippen LogP contribution >= 0.6 is 0 Å². The molecule has 6 nitrogen and oxygen atoms in total. The van der Waals surface area contributed by atoms with Crippen molar-refractivity contribution in [1.29, 1.82) is 0 Å². The van der Waals surface area contributed by atoms with E-state index in [1.807, 2.05) is 0 Å². The zero-order valence-electron chi connectivity index (χ0n) is 12.0. The minimum Gasteiger partial charge on any atom is -0.512 e. The summed E-state index contributed by atoms with van der Waals surface area (Å²) in [6, 6.07) is 5.27. The van der Waals surface area contributed by atoms with Gasteiger partial charge in [0.1, 0.15) is 5.76 Å². The van der Waals surface area contributed by atoms with Gasteiger partial charge >= 0.3 is 5.97 Å². The number of hydrogen-bond donors (Lipinski definition) is 2. The largest absolute Gasteiger partial charge is 0.512 e. The molecule has 1 aliphatic heterocycles. The number of fused-ring (bicyclic) bond motifs is 1. The molecule has 1 heterocycles. The van der Waals surface area contributed by atoms with Crippen LogP contribution < -0.4 is 9.47 Å². The van der Waals surface area contributed by atoms with Gasteiger partial charge in [-0.25, -0.2) is 4.79 Å². The molecule has 0 spiro atoms. The van der Waals surface area contributed by atoms with Crippen LogP contribution in [0.1, 0.15) is 24.8 Å². The van der Waals surface area contributed by atoms with Crippen molar-refractivity contribution in [3.05, 3.63) is 46.9 Å². The van der Waals surface area contributed by atoms with Gasteiger partial charge in [-0.3, -0.25) is 0 Å². The van der Waals surface area contributed by atoms with Crippen LogP contribution in [0.15, 0.2) is 41.4 Å². The first-order valence-electron chi connectivity index (χ1n) is 6.99. The number of aliphatic hydroxyl groups is 2. The average molecular weight is 304 g/mol. The predicted molar refractivity (Wildman–Crippen MR) is 76.9 cm³/mol. The van der Waals surface area contributed by atoms with Crippen LogP contribution in [0.5, 0.6) is 11.5 Å². The summed E-state index contributed by atoms with van der Waals surface area (Å²) in [5.41, 5.74) is 0.872. The van der Waals surface area contributed by atoms with Crippen LogP contribution in [0.2, 0.25) is 0 Å². The van der Waals surface area contributed by atoms with Crippen LogP contribution in [-0.2, 0) is 9.53 Å². The fraction of sp³-hybridized carbons (Fsp3) is 0.312. The van der Waals surface area contributed by atoms with Crippen LogP contribution in [0.3, 0.4) is 0 Å². The molecule has 0 bridgehead atoms. The minimum atomic E-state index is -0.591. The number of esters is 1. The Morgan fingerprint density at radius 3 is 2.86 bits per heavy atom. The first kappa shape index (κ1) is 14.3. The molecule has 0 aromatic heterocycles. The number of aliphatic hydroxyl groups excluding tert-OH is 2. The zero-order chi connectivity index (χ0) is 15.7. The van der Waals surface area contributed by atoms with Crippen molar-refractivity contribution in [2.24, 2.45) is 0 Å². The second-order valence-corrected chi connectivity index (χ2v) is 5.02. The molecule has 0 amide bonds. The molecular formula is C16H16O6. The summed E-state index contributed by atoms with van der Waals surface area (Å²) in [5, 5.41) is 19.8. The van der Waals surface area contributed by atoms with Crippen LogP contribution in [0.25, 0.3) is 0 Å². The standard InChI is InChI=1S/C16H16O6/c1-2-20-16(19)15-11(6-10(17)7-12(15)18)9-3-4-13-14(5-9)22-8-21-13/h3-5,7,11,17-18H,2,6,8H2,1H3. The lowest BCUT2D eigenvalue weighted by molar-refractivity contribution is -0.139. The number of ether oxygens (including phenoxy) is 3. The summed E-state index contributed by atoms with van der Waals surface area (Å²) in [6.07, 6.45) is 1.38. The van der Waals surface area contributed by atoms with E-state index >= 15 is 0 Å². The smallest absolute Gasteiger partial charge is 0.338 e. The van der Waals surface area contributed by atoms with Gasteiger partial charge in [0.2, 0.25) is 6.79 Å². The SMILES string of the molecule is CCOC(=O)C1=C(O)C=C(O)CC1c1ccc2c(c1)OCO2. The highest BCUT2D eigenvalue weighted by Crippen LogP contribution is 2.41. The Bertz CT molecular complexity index is 673. The summed E-state index contributed by atoms with van der Waals surface area (Å²) >= 11 is 0. The fourth-order valence-corrected chi connectivity index (χ4v) is 2.65. The Kier molecular flexibility index (Phi) is 3.66. The molecule has 2 aliphatic rings. The normalized spacial score (nSPS) is 19.9. The van der Waals surface area contributed by atoms with Gasteiger partial charge < -0.3 is 24.4 Å². The van der Waals surface area contributed by atoms with Gasteiger partial charge in [-0.05, 0) is 24.6 Å². The second kappa shape index (κ2) is 5.63. The van der Waals surface area contributed by atoms with E-state index in [9.17, 15) is 15.0 Å². The molecule has 2 N–H and O–H groups in total. The van der Waals surface area contributed by atoms with Crippen molar-refractivity contribution in [2.45, 2.75) is 19.3 Å². The van der Waals surface area contributed by atoms with E-state index < -0.39 is 11.9 Å². The Labute approximate surface area is 127 Å². The number of allylic oxidation sites excluding steroid dienone is 2. The third-order valence-corrected chi connectivity index (χ3v) is 3.64. The maximum Gasteiger partial charge on any atom is 0.338 e. The highest BCUT2D eigenvalue weighted by atomic mass is 16.7. The summed E-state index contributed by atoms with van der Waals surface area (Å²) in [6.45, 7) is 2.06. The molecule has 1 atom stereocenters. The molecule has 0 fully saturated rings. The second-order valence-electron chi connectivity index (χ2n) is 5.02. The fourth-order valence-electron chi connectivity index (χ4n) is 2.65. The highest BCUT2D eigenvalue weighted by molar-refractivity contribution is 5.92. The lowest BCUT2D eigenvalue weighted by atomic mass is 9.83. The maximum atomic E-state index is 12.1. The van der Waals surface area contributed by atoms with E-state index in [2.05, 4.69) is 0 Å². The van der Waals surface area contributed by atoms with Gasteiger partial charge in [0.05, 0.1) is 17.9 Å². The Hall–Kier alpha value is -2.63. The Morgan fingerprint density at radius 2 is 2.09 bits per heavy atom. The number of carbonyl (C=O) groups is 1.